The quantitative estimate of drug-likeness (QED) is 0.702. The van der Waals surface area contributed by atoms with Crippen molar-refractivity contribution in [2.45, 2.75) is 0 Å². The highest BCUT2D eigenvalue weighted by molar-refractivity contribution is 7.98. The minimum absolute atomic E-state index is 0.576. The number of hydrogen-bond donors (Lipinski definition) is 0. The zero-order valence-electron chi connectivity index (χ0n) is 10.6. The highest BCUT2D eigenvalue weighted by Crippen LogP contribution is 2.40. The van der Waals surface area contributed by atoms with E-state index in [2.05, 4.69) is 0 Å². The summed E-state index contributed by atoms with van der Waals surface area (Å²) in [6.45, 7) is 0.653. The molecule has 5 heteroatoms. The molecule has 1 aromatic rings. The molecule has 0 amide bonds. The van der Waals surface area contributed by atoms with Gasteiger partial charge in [0, 0.05) is 17.9 Å². The van der Waals surface area contributed by atoms with Crippen LogP contribution in [-0.4, -0.2) is 39.9 Å². The molecule has 0 bridgehead atoms. The summed E-state index contributed by atoms with van der Waals surface area (Å²) in [5, 5.41) is 0. The molecule has 0 unspecified atom stereocenters. The molecule has 0 aliphatic carbocycles. The molecule has 0 heterocycles. The molecular weight excluding hydrogens is 240 g/mol. The van der Waals surface area contributed by atoms with Gasteiger partial charge in [-0.05, 0) is 6.26 Å². The Labute approximate surface area is 106 Å². The average molecular weight is 258 g/mol. The predicted octanol–water partition coefficient (Wildman–Crippen LogP) is 2.45. The number of benzene rings is 1. The van der Waals surface area contributed by atoms with E-state index in [1.165, 1.54) is 0 Å². The Balaban J connectivity index is 2.92. The van der Waals surface area contributed by atoms with Crippen LogP contribution in [0.15, 0.2) is 12.1 Å². The van der Waals surface area contributed by atoms with Crippen molar-refractivity contribution in [3.05, 3.63) is 12.1 Å². The summed E-state index contributed by atoms with van der Waals surface area (Å²) < 4.78 is 21.3. The summed E-state index contributed by atoms with van der Waals surface area (Å²) in [4.78, 5) is 0. The monoisotopic (exact) mass is 258 g/mol. The van der Waals surface area contributed by atoms with Gasteiger partial charge in [-0.25, -0.2) is 0 Å². The highest BCUT2D eigenvalue weighted by atomic mass is 32.2. The lowest BCUT2D eigenvalue weighted by Crippen LogP contribution is -2.01. The maximum Gasteiger partial charge on any atom is 0.203 e. The van der Waals surface area contributed by atoms with Crippen molar-refractivity contribution in [1.29, 1.82) is 0 Å². The fourth-order valence-electron chi connectivity index (χ4n) is 1.38. The molecule has 96 valence electrons. The second kappa shape index (κ2) is 7.17. The Morgan fingerprint density at radius 2 is 1.59 bits per heavy atom. The normalized spacial score (nSPS) is 9.88. The van der Waals surface area contributed by atoms with E-state index >= 15 is 0 Å². The van der Waals surface area contributed by atoms with Crippen molar-refractivity contribution >= 4 is 11.8 Å². The Hall–Kier alpha value is -1.23. The molecular formula is C12H18O4S. The van der Waals surface area contributed by atoms with Gasteiger partial charge in [0.25, 0.3) is 0 Å². The fourth-order valence-corrected chi connectivity index (χ4v) is 1.63. The van der Waals surface area contributed by atoms with E-state index < -0.39 is 0 Å². The van der Waals surface area contributed by atoms with E-state index in [0.29, 0.717) is 29.6 Å². The summed E-state index contributed by atoms with van der Waals surface area (Å²) in [5.74, 6) is 3.44. The molecule has 4 nitrogen and oxygen atoms in total. The van der Waals surface area contributed by atoms with E-state index in [-0.39, 0.29) is 0 Å². The van der Waals surface area contributed by atoms with Crippen LogP contribution in [-0.2, 0) is 0 Å². The Kier molecular flexibility index (Phi) is 5.83. The molecule has 0 radical (unpaired) electrons. The average Bonchev–Trinajstić information content (AvgIpc) is 2.37. The molecule has 0 aliphatic heterocycles. The molecule has 0 saturated heterocycles. The van der Waals surface area contributed by atoms with Crippen molar-refractivity contribution in [3.63, 3.8) is 0 Å². The van der Waals surface area contributed by atoms with E-state index in [1.807, 2.05) is 6.26 Å². The van der Waals surface area contributed by atoms with Crippen molar-refractivity contribution in [3.8, 4) is 23.0 Å². The maximum absolute atomic E-state index is 5.59. The van der Waals surface area contributed by atoms with Gasteiger partial charge in [-0.2, -0.15) is 11.8 Å². The minimum atomic E-state index is 0.576. The van der Waals surface area contributed by atoms with Crippen LogP contribution in [0.3, 0.4) is 0 Å². The first-order chi connectivity index (χ1) is 8.26. The lowest BCUT2D eigenvalue weighted by molar-refractivity contribution is 0.309. The second-order valence-corrected chi connectivity index (χ2v) is 4.19. The smallest absolute Gasteiger partial charge is 0.203 e. The van der Waals surface area contributed by atoms with E-state index in [0.717, 1.165) is 5.75 Å². The number of methoxy groups -OCH3 is 3. The first kappa shape index (κ1) is 13.8. The third-order valence-electron chi connectivity index (χ3n) is 2.19. The van der Waals surface area contributed by atoms with Gasteiger partial charge in [-0.3, -0.25) is 0 Å². The first-order valence-corrected chi connectivity index (χ1v) is 6.58. The van der Waals surface area contributed by atoms with Gasteiger partial charge < -0.3 is 18.9 Å². The van der Waals surface area contributed by atoms with Crippen molar-refractivity contribution in [2.24, 2.45) is 0 Å². The van der Waals surface area contributed by atoms with Gasteiger partial charge in [-0.1, -0.05) is 0 Å². The third-order valence-corrected chi connectivity index (χ3v) is 2.77. The zero-order valence-corrected chi connectivity index (χ0v) is 11.4. The molecule has 0 spiro atoms. The van der Waals surface area contributed by atoms with Gasteiger partial charge in [-0.15, -0.1) is 0 Å². The number of ether oxygens (including phenoxy) is 4. The van der Waals surface area contributed by atoms with Crippen molar-refractivity contribution in [1.82, 2.24) is 0 Å². The highest BCUT2D eigenvalue weighted by Gasteiger charge is 2.13. The fraction of sp³-hybridized carbons (Fsp3) is 0.500. The Morgan fingerprint density at radius 1 is 1.00 bits per heavy atom. The van der Waals surface area contributed by atoms with Crippen LogP contribution in [0, 0.1) is 0 Å². The van der Waals surface area contributed by atoms with E-state index in [4.69, 9.17) is 18.9 Å². The van der Waals surface area contributed by atoms with E-state index in [9.17, 15) is 0 Å². The summed E-state index contributed by atoms with van der Waals surface area (Å²) in [6, 6.07) is 3.59. The van der Waals surface area contributed by atoms with Gasteiger partial charge in [0.15, 0.2) is 11.5 Å². The summed E-state index contributed by atoms with van der Waals surface area (Å²) in [7, 11) is 4.75. The molecule has 0 fully saturated rings. The molecule has 0 N–H and O–H groups in total. The van der Waals surface area contributed by atoms with Crippen molar-refractivity contribution < 1.29 is 18.9 Å². The number of hydrogen-bond acceptors (Lipinski definition) is 5. The van der Waals surface area contributed by atoms with Crippen LogP contribution in [0.25, 0.3) is 0 Å². The number of rotatable bonds is 7. The van der Waals surface area contributed by atoms with E-state index in [1.54, 1.807) is 45.2 Å². The maximum atomic E-state index is 5.59. The molecule has 17 heavy (non-hydrogen) atoms. The molecule has 0 aliphatic rings. The second-order valence-electron chi connectivity index (χ2n) is 3.20. The van der Waals surface area contributed by atoms with Gasteiger partial charge in [0.2, 0.25) is 5.75 Å². The van der Waals surface area contributed by atoms with Crippen LogP contribution >= 0.6 is 11.8 Å². The summed E-state index contributed by atoms with van der Waals surface area (Å²) in [5.41, 5.74) is 0. The predicted molar refractivity (Wildman–Crippen MR) is 70.0 cm³/mol. The Bertz CT molecular complexity index is 329. The topological polar surface area (TPSA) is 36.9 Å². The van der Waals surface area contributed by atoms with Crippen LogP contribution in [0.2, 0.25) is 0 Å². The molecule has 0 aromatic heterocycles. The molecule has 1 rings (SSSR count). The van der Waals surface area contributed by atoms with Crippen LogP contribution in [0.1, 0.15) is 0 Å². The first-order valence-electron chi connectivity index (χ1n) is 5.18. The van der Waals surface area contributed by atoms with Crippen LogP contribution in [0.5, 0.6) is 23.0 Å². The SMILES string of the molecule is COc1cc(OCCSC)cc(OC)c1OC. The number of thioether (sulfide) groups is 1. The van der Waals surface area contributed by atoms with Gasteiger partial charge >= 0.3 is 0 Å². The molecule has 1 aromatic carbocycles. The lowest BCUT2D eigenvalue weighted by atomic mass is 10.2. The summed E-state index contributed by atoms with van der Waals surface area (Å²) >= 11 is 1.74. The molecule has 0 saturated carbocycles. The standard InChI is InChI=1S/C12H18O4S/c1-13-10-7-9(16-5-6-17-4)8-11(14-2)12(10)15-3/h7-8H,5-6H2,1-4H3. The van der Waals surface area contributed by atoms with Crippen molar-refractivity contribution in [2.75, 3.05) is 39.9 Å². The van der Waals surface area contributed by atoms with Crippen LogP contribution in [0.4, 0.5) is 0 Å². The van der Waals surface area contributed by atoms with Gasteiger partial charge in [0.05, 0.1) is 27.9 Å². The minimum Gasteiger partial charge on any atom is -0.493 e. The lowest BCUT2D eigenvalue weighted by Gasteiger charge is -2.14. The van der Waals surface area contributed by atoms with Crippen LogP contribution < -0.4 is 18.9 Å². The zero-order chi connectivity index (χ0) is 12.7. The molecule has 0 atom stereocenters. The Morgan fingerprint density at radius 3 is 2.00 bits per heavy atom. The third kappa shape index (κ3) is 3.63. The van der Waals surface area contributed by atoms with Gasteiger partial charge in [0.1, 0.15) is 5.75 Å². The summed E-state index contributed by atoms with van der Waals surface area (Å²) in [6.07, 6.45) is 2.04. The largest absolute Gasteiger partial charge is 0.493 e.